The Morgan fingerprint density at radius 2 is 1.48 bits per heavy atom. The van der Waals surface area contributed by atoms with Crippen LogP contribution in [0.4, 0.5) is 6.01 Å². The van der Waals surface area contributed by atoms with E-state index in [2.05, 4.69) is 27.1 Å². The van der Waals surface area contributed by atoms with Gasteiger partial charge in [0, 0.05) is 24.0 Å². The summed E-state index contributed by atoms with van der Waals surface area (Å²) in [5, 5.41) is 1.09. The molecular formula is C22H18N4O. The maximum Gasteiger partial charge on any atom is 0.292 e. The molecule has 5 rings (SSSR count). The lowest BCUT2D eigenvalue weighted by molar-refractivity contribution is 0.626. The molecule has 0 unspecified atom stereocenters. The number of benzene rings is 2. The van der Waals surface area contributed by atoms with Gasteiger partial charge in [0.25, 0.3) is 6.01 Å². The van der Waals surface area contributed by atoms with Crippen LogP contribution in [0.15, 0.2) is 77.6 Å². The minimum Gasteiger partial charge on any atom is -0.424 e. The molecule has 3 aromatic heterocycles. The predicted octanol–water partition coefficient (Wildman–Crippen LogP) is 5.32. The van der Waals surface area contributed by atoms with E-state index in [4.69, 9.17) is 10.2 Å². The molecule has 0 saturated carbocycles. The van der Waals surface area contributed by atoms with Crippen molar-refractivity contribution in [2.45, 2.75) is 7.43 Å². The summed E-state index contributed by atoms with van der Waals surface area (Å²) in [5.41, 5.74) is 12.4. The van der Waals surface area contributed by atoms with Crippen LogP contribution >= 0.6 is 0 Å². The molecular weight excluding hydrogens is 336 g/mol. The van der Waals surface area contributed by atoms with Gasteiger partial charge in [0.1, 0.15) is 5.52 Å². The van der Waals surface area contributed by atoms with Crippen LogP contribution in [-0.2, 0) is 0 Å². The van der Waals surface area contributed by atoms with Gasteiger partial charge in [-0.15, -0.1) is 0 Å². The Balaban J connectivity index is 0.00000180. The van der Waals surface area contributed by atoms with Crippen molar-refractivity contribution in [2.75, 3.05) is 5.73 Å². The van der Waals surface area contributed by atoms with E-state index >= 15 is 0 Å². The topological polar surface area (TPSA) is 77.8 Å². The monoisotopic (exact) mass is 354 g/mol. The number of aromatic nitrogens is 3. The molecule has 0 aliphatic carbocycles. The first kappa shape index (κ1) is 16.7. The van der Waals surface area contributed by atoms with Gasteiger partial charge in [-0.2, -0.15) is 4.98 Å². The number of hydrogen-bond donors (Lipinski definition) is 1. The summed E-state index contributed by atoms with van der Waals surface area (Å²) in [4.78, 5) is 12.7. The Bertz CT molecular complexity index is 1250. The average Bonchev–Trinajstić information content (AvgIpc) is 3.07. The first-order valence-electron chi connectivity index (χ1n) is 8.23. The van der Waals surface area contributed by atoms with Crippen molar-refractivity contribution in [2.24, 2.45) is 0 Å². The van der Waals surface area contributed by atoms with Gasteiger partial charge in [-0.1, -0.05) is 19.6 Å². The first-order valence-corrected chi connectivity index (χ1v) is 8.23. The lowest BCUT2D eigenvalue weighted by Gasteiger charge is -2.09. The van der Waals surface area contributed by atoms with Crippen LogP contribution in [0.2, 0.25) is 0 Å². The standard InChI is InChI=1S/C21H14N4O.CH4/c22-21-25-19-4-2-15(12-20(19)26-21)14-1-3-18-17(11-14)16(7-10-24-18)13-5-8-23-9-6-13;/h1-12H,(H2,22,25);1H4. The van der Waals surface area contributed by atoms with Gasteiger partial charge >= 0.3 is 0 Å². The minimum atomic E-state index is 0. The number of nitrogens with two attached hydrogens (primary N) is 1. The van der Waals surface area contributed by atoms with Crippen LogP contribution < -0.4 is 5.73 Å². The van der Waals surface area contributed by atoms with Crippen LogP contribution in [0.5, 0.6) is 0 Å². The fraction of sp³-hybridized carbons (Fsp3) is 0.0455. The molecule has 0 radical (unpaired) electrons. The molecule has 5 nitrogen and oxygen atoms in total. The minimum absolute atomic E-state index is 0. The van der Waals surface area contributed by atoms with E-state index < -0.39 is 0 Å². The van der Waals surface area contributed by atoms with Crippen LogP contribution in [0.25, 0.3) is 44.3 Å². The van der Waals surface area contributed by atoms with E-state index in [-0.39, 0.29) is 13.4 Å². The molecule has 132 valence electrons. The number of fused-ring (bicyclic) bond motifs is 2. The van der Waals surface area contributed by atoms with Crippen LogP contribution in [0.1, 0.15) is 7.43 Å². The molecule has 0 aliphatic rings. The molecule has 0 aliphatic heterocycles. The molecule has 0 spiro atoms. The predicted molar refractivity (Wildman–Crippen MR) is 109 cm³/mol. The maximum absolute atomic E-state index is 5.65. The number of rotatable bonds is 2. The Morgan fingerprint density at radius 3 is 2.30 bits per heavy atom. The fourth-order valence-corrected chi connectivity index (χ4v) is 3.23. The van der Waals surface area contributed by atoms with Crippen molar-refractivity contribution >= 4 is 28.0 Å². The summed E-state index contributed by atoms with van der Waals surface area (Å²) >= 11 is 0. The molecule has 2 N–H and O–H groups in total. The highest BCUT2D eigenvalue weighted by Crippen LogP contribution is 2.32. The van der Waals surface area contributed by atoms with Gasteiger partial charge in [-0.3, -0.25) is 9.97 Å². The number of hydrogen-bond acceptors (Lipinski definition) is 5. The van der Waals surface area contributed by atoms with Crippen molar-refractivity contribution in [3.63, 3.8) is 0 Å². The van der Waals surface area contributed by atoms with E-state index in [1.54, 1.807) is 12.4 Å². The molecule has 3 heterocycles. The third-order valence-corrected chi connectivity index (χ3v) is 4.47. The van der Waals surface area contributed by atoms with Gasteiger partial charge in [0.15, 0.2) is 5.58 Å². The van der Waals surface area contributed by atoms with E-state index in [9.17, 15) is 0 Å². The third kappa shape index (κ3) is 2.89. The summed E-state index contributed by atoms with van der Waals surface area (Å²) in [7, 11) is 0. The number of pyridine rings is 2. The summed E-state index contributed by atoms with van der Waals surface area (Å²) in [6.07, 6.45) is 5.43. The molecule has 0 bridgehead atoms. The molecule has 2 aromatic carbocycles. The zero-order valence-corrected chi connectivity index (χ0v) is 13.8. The third-order valence-electron chi connectivity index (χ3n) is 4.47. The largest absolute Gasteiger partial charge is 0.424 e. The normalized spacial score (nSPS) is 10.8. The highest BCUT2D eigenvalue weighted by molar-refractivity contribution is 5.97. The van der Waals surface area contributed by atoms with Gasteiger partial charge in [0.2, 0.25) is 0 Å². The van der Waals surface area contributed by atoms with E-state index in [1.165, 1.54) is 0 Å². The number of nitrogen functional groups attached to an aromatic ring is 1. The highest BCUT2D eigenvalue weighted by atomic mass is 16.4. The molecule has 0 amide bonds. The van der Waals surface area contributed by atoms with E-state index in [0.29, 0.717) is 5.58 Å². The Hall–Kier alpha value is -3.73. The lowest BCUT2D eigenvalue weighted by atomic mass is 9.98. The molecule has 5 heteroatoms. The second-order valence-corrected chi connectivity index (χ2v) is 6.06. The molecule has 27 heavy (non-hydrogen) atoms. The Kier molecular flexibility index (Phi) is 4.05. The van der Waals surface area contributed by atoms with E-state index in [1.807, 2.05) is 48.7 Å². The van der Waals surface area contributed by atoms with Crippen LogP contribution in [0.3, 0.4) is 0 Å². The van der Waals surface area contributed by atoms with Gasteiger partial charge in [-0.25, -0.2) is 0 Å². The van der Waals surface area contributed by atoms with Gasteiger partial charge in [-0.05, 0) is 64.7 Å². The molecule has 0 fully saturated rings. The first-order chi connectivity index (χ1) is 12.8. The lowest BCUT2D eigenvalue weighted by Crippen LogP contribution is -1.86. The second kappa shape index (κ2) is 6.53. The van der Waals surface area contributed by atoms with Crippen molar-refractivity contribution in [1.29, 1.82) is 0 Å². The smallest absolute Gasteiger partial charge is 0.292 e. The SMILES string of the molecule is C.Nc1nc2ccc(-c3ccc4nccc(-c5ccncc5)c4c3)cc2o1. The van der Waals surface area contributed by atoms with Crippen molar-refractivity contribution in [3.8, 4) is 22.3 Å². The van der Waals surface area contributed by atoms with Crippen LogP contribution in [0, 0.1) is 0 Å². The van der Waals surface area contributed by atoms with Crippen molar-refractivity contribution < 1.29 is 4.42 Å². The molecule has 5 aromatic rings. The van der Waals surface area contributed by atoms with Gasteiger partial charge in [0.05, 0.1) is 5.52 Å². The zero-order valence-electron chi connectivity index (χ0n) is 13.8. The quantitative estimate of drug-likeness (QED) is 0.464. The summed E-state index contributed by atoms with van der Waals surface area (Å²) in [6.45, 7) is 0. The second-order valence-electron chi connectivity index (χ2n) is 6.06. The number of anilines is 1. The number of oxazole rings is 1. The maximum atomic E-state index is 5.65. The zero-order chi connectivity index (χ0) is 17.5. The van der Waals surface area contributed by atoms with Crippen molar-refractivity contribution in [3.05, 3.63) is 73.2 Å². The molecule has 0 saturated heterocycles. The highest BCUT2D eigenvalue weighted by Gasteiger charge is 2.09. The van der Waals surface area contributed by atoms with E-state index in [0.717, 1.165) is 38.7 Å². The fourth-order valence-electron chi connectivity index (χ4n) is 3.23. The Morgan fingerprint density at radius 1 is 0.741 bits per heavy atom. The summed E-state index contributed by atoms with van der Waals surface area (Å²) < 4.78 is 5.46. The average molecular weight is 354 g/mol. The van der Waals surface area contributed by atoms with Gasteiger partial charge < -0.3 is 10.2 Å². The Labute approximate surface area is 156 Å². The summed E-state index contributed by atoms with van der Waals surface area (Å²) in [6, 6.07) is 18.4. The molecule has 0 atom stereocenters. The number of nitrogens with zero attached hydrogens (tertiary/aromatic N) is 3. The van der Waals surface area contributed by atoms with Crippen molar-refractivity contribution in [1.82, 2.24) is 15.0 Å². The summed E-state index contributed by atoms with van der Waals surface area (Å²) in [5.74, 6) is 0. The van der Waals surface area contributed by atoms with Crippen LogP contribution in [-0.4, -0.2) is 15.0 Å².